The Labute approximate surface area is 172 Å². The van der Waals surface area contributed by atoms with Gasteiger partial charge in [0.25, 0.3) is 5.56 Å². The minimum Gasteiger partial charge on any atom is -0.491 e. The maximum absolute atomic E-state index is 13.3. The van der Waals surface area contributed by atoms with Gasteiger partial charge in [0.1, 0.15) is 12.4 Å². The molecule has 4 aromatic rings. The van der Waals surface area contributed by atoms with Crippen molar-refractivity contribution in [3.63, 3.8) is 0 Å². The van der Waals surface area contributed by atoms with Crippen molar-refractivity contribution in [2.24, 2.45) is 0 Å². The van der Waals surface area contributed by atoms with Gasteiger partial charge in [-0.1, -0.05) is 17.7 Å². The largest absolute Gasteiger partial charge is 0.491 e. The van der Waals surface area contributed by atoms with Crippen LogP contribution in [0.2, 0.25) is 0 Å². The summed E-state index contributed by atoms with van der Waals surface area (Å²) in [6.07, 6.45) is 0. The molecule has 156 valence electrons. The van der Waals surface area contributed by atoms with Crippen LogP contribution < -0.4 is 10.3 Å². The first-order valence-electron chi connectivity index (χ1n) is 9.18. The zero-order valence-electron chi connectivity index (χ0n) is 16.7. The Balaban J connectivity index is 1.90. The second-order valence-electron chi connectivity index (χ2n) is 6.89. The summed E-state index contributed by atoms with van der Waals surface area (Å²) in [6, 6.07) is 9.89. The van der Waals surface area contributed by atoms with Crippen molar-refractivity contribution in [2.75, 3.05) is 20.3 Å². The highest BCUT2D eigenvalue weighted by atomic mass is 32.2. The maximum Gasteiger partial charge on any atom is 0.281 e. The van der Waals surface area contributed by atoms with E-state index in [0.717, 1.165) is 5.56 Å². The molecule has 2 aromatic heterocycles. The van der Waals surface area contributed by atoms with E-state index in [1.54, 1.807) is 44.4 Å². The lowest BCUT2D eigenvalue weighted by Crippen LogP contribution is -2.13. The summed E-state index contributed by atoms with van der Waals surface area (Å²) in [4.78, 5) is 16.7. The van der Waals surface area contributed by atoms with Crippen molar-refractivity contribution in [2.45, 2.75) is 23.8 Å². The van der Waals surface area contributed by atoms with Crippen LogP contribution in [-0.2, 0) is 14.6 Å². The smallest absolute Gasteiger partial charge is 0.281 e. The Morgan fingerprint density at radius 3 is 2.63 bits per heavy atom. The highest BCUT2D eigenvalue weighted by molar-refractivity contribution is 7.91. The molecule has 0 aliphatic heterocycles. The molecule has 10 heteroatoms. The van der Waals surface area contributed by atoms with E-state index in [2.05, 4.69) is 15.3 Å². The van der Waals surface area contributed by atoms with E-state index >= 15 is 0 Å². The molecule has 0 spiro atoms. The molecule has 0 aliphatic carbocycles. The van der Waals surface area contributed by atoms with Crippen molar-refractivity contribution < 1.29 is 17.9 Å². The molecular formula is C20H20N4O5S. The standard InChI is InChI=1S/C20H20N4O5S/c1-12-4-7-17(13(2)10-12)30(26,27)20-18-21-19(25)15-6-5-14(29-9-8-28-3)11-16(15)24(18)23-22-20/h4-7,10-11,23H,8-9H2,1-3H3. The topological polar surface area (TPSA) is 116 Å². The summed E-state index contributed by atoms with van der Waals surface area (Å²) in [5, 5.41) is 6.66. The Morgan fingerprint density at radius 2 is 1.90 bits per heavy atom. The number of fused-ring (bicyclic) bond motifs is 3. The first kappa shape index (κ1) is 20.0. The zero-order valence-corrected chi connectivity index (χ0v) is 17.5. The van der Waals surface area contributed by atoms with Crippen LogP contribution in [-0.4, -0.2) is 48.6 Å². The molecule has 0 amide bonds. The van der Waals surface area contributed by atoms with E-state index in [4.69, 9.17) is 9.47 Å². The number of sulfone groups is 1. The van der Waals surface area contributed by atoms with Gasteiger partial charge in [0.05, 0.1) is 22.4 Å². The van der Waals surface area contributed by atoms with Crippen LogP contribution in [0.15, 0.2) is 51.1 Å². The highest BCUT2D eigenvalue weighted by Gasteiger charge is 2.27. The fraction of sp³-hybridized carbons (Fsp3) is 0.250. The molecule has 4 rings (SSSR count). The number of methoxy groups -OCH3 is 1. The lowest BCUT2D eigenvalue weighted by atomic mass is 10.2. The van der Waals surface area contributed by atoms with Crippen LogP contribution >= 0.6 is 0 Å². The van der Waals surface area contributed by atoms with Crippen LogP contribution in [0.1, 0.15) is 11.1 Å². The average Bonchev–Trinajstić information content (AvgIpc) is 3.13. The maximum atomic E-state index is 13.3. The fourth-order valence-electron chi connectivity index (χ4n) is 3.31. The predicted molar refractivity (Wildman–Crippen MR) is 110 cm³/mol. The van der Waals surface area contributed by atoms with E-state index in [1.165, 1.54) is 10.6 Å². The van der Waals surface area contributed by atoms with Gasteiger partial charge in [0.15, 0.2) is 5.65 Å². The van der Waals surface area contributed by atoms with Gasteiger partial charge in [-0.3, -0.25) is 4.79 Å². The van der Waals surface area contributed by atoms with Gasteiger partial charge >= 0.3 is 0 Å². The minimum atomic E-state index is -4.00. The van der Waals surface area contributed by atoms with E-state index in [-0.39, 0.29) is 15.6 Å². The van der Waals surface area contributed by atoms with Crippen molar-refractivity contribution in [3.05, 3.63) is 57.9 Å². The lowest BCUT2D eigenvalue weighted by molar-refractivity contribution is 0.146. The normalized spacial score (nSPS) is 12.0. The average molecular weight is 428 g/mol. The molecule has 0 saturated heterocycles. The second kappa shape index (κ2) is 7.54. The van der Waals surface area contributed by atoms with Crippen molar-refractivity contribution in [1.82, 2.24) is 19.8 Å². The molecule has 0 fully saturated rings. The summed E-state index contributed by atoms with van der Waals surface area (Å²) in [5.74, 6) is 0.507. The van der Waals surface area contributed by atoms with Gasteiger partial charge in [-0.2, -0.15) is 4.98 Å². The molecule has 9 nitrogen and oxygen atoms in total. The fourth-order valence-corrected chi connectivity index (χ4v) is 4.78. The first-order valence-corrected chi connectivity index (χ1v) is 10.7. The molecule has 1 N–H and O–H groups in total. The third-order valence-corrected chi connectivity index (χ3v) is 6.55. The summed E-state index contributed by atoms with van der Waals surface area (Å²) in [5.41, 5.74) is 1.33. The van der Waals surface area contributed by atoms with Crippen LogP contribution in [0.5, 0.6) is 5.75 Å². The van der Waals surface area contributed by atoms with Crippen molar-refractivity contribution in [3.8, 4) is 5.75 Å². The predicted octanol–water partition coefficient (Wildman–Crippen LogP) is 2.05. The number of nitrogens with one attached hydrogen (secondary N) is 1. The first-order chi connectivity index (χ1) is 14.3. The summed E-state index contributed by atoms with van der Waals surface area (Å²) < 4.78 is 38.4. The molecule has 0 radical (unpaired) electrons. The number of rotatable bonds is 6. The number of hydrogen-bond donors (Lipinski definition) is 1. The van der Waals surface area contributed by atoms with E-state index in [1.807, 2.05) is 6.92 Å². The summed E-state index contributed by atoms with van der Waals surface area (Å²) >= 11 is 0. The van der Waals surface area contributed by atoms with Crippen molar-refractivity contribution >= 4 is 26.4 Å². The number of nitrogens with zero attached hydrogens (tertiary/aromatic N) is 3. The van der Waals surface area contributed by atoms with Gasteiger partial charge in [0.2, 0.25) is 14.9 Å². The number of H-pyrrole nitrogens is 1. The third kappa shape index (κ3) is 3.33. The zero-order chi connectivity index (χ0) is 21.5. The van der Waals surface area contributed by atoms with Crippen molar-refractivity contribution in [1.29, 1.82) is 0 Å². The molecule has 0 unspecified atom stereocenters. The van der Waals surface area contributed by atoms with Gasteiger partial charge in [0, 0.05) is 13.2 Å². The third-order valence-electron chi connectivity index (χ3n) is 4.73. The quantitative estimate of drug-likeness (QED) is 0.467. The minimum absolute atomic E-state index is 0.0680. The van der Waals surface area contributed by atoms with Gasteiger partial charge < -0.3 is 9.47 Å². The molecular weight excluding hydrogens is 408 g/mol. The number of aryl methyl sites for hydroxylation is 2. The monoisotopic (exact) mass is 428 g/mol. The summed E-state index contributed by atoms with van der Waals surface area (Å²) in [7, 11) is -2.42. The molecule has 0 aliphatic rings. The molecule has 0 saturated carbocycles. The van der Waals surface area contributed by atoms with Gasteiger partial charge in [-0.05, 0) is 37.6 Å². The van der Waals surface area contributed by atoms with Crippen LogP contribution in [0.3, 0.4) is 0 Å². The molecule has 30 heavy (non-hydrogen) atoms. The Bertz CT molecular complexity index is 1420. The second-order valence-corrected chi connectivity index (χ2v) is 8.72. The Hall–Kier alpha value is -3.24. The number of hydrogen-bond acceptors (Lipinski definition) is 7. The van der Waals surface area contributed by atoms with E-state index in [9.17, 15) is 13.2 Å². The van der Waals surface area contributed by atoms with Gasteiger partial charge in [-0.15, -0.1) is 5.10 Å². The van der Waals surface area contributed by atoms with Crippen LogP contribution in [0, 0.1) is 13.8 Å². The van der Waals surface area contributed by atoms with Gasteiger partial charge in [-0.25, -0.2) is 18.1 Å². The van der Waals surface area contributed by atoms with E-state index in [0.29, 0.717) is 35.4 Å². The molecule has 2 heterocycles. The Kier molecular flexibility index (Phi) is 5.04. The van der Waals surface area contributed by atoms with Crippen LogP contribution in [0.25, 0.3) is 16.6 Å². The van der Waals surface area contributed by atoms with E-state index < -0.39 is 15.4 Å². The van der Waals surface area contributed by atoms with Crippen LogP contribution in [0.4, 0.5) is 0 Å². The number of ether oxygens (including phenoxy) is 2. The molecule has 0 atom stereocenters. The molecule has 0 bridgehead atoms. The summed E-state index contributed by atoms with van der Waals surface area (Å²) in [6.45, 7) is 4.34. The number of aromatic nitrogens is 4. The molecule has 2 aromatic carbocycles. The lowest BCUT2D eigenvalue weighted by Gasteiger charge is -2.08. The highest BCUT2D eigenvalue weighted by Crippen LogP contribution is 2.27. The SMILES string of the molecule is COCCOc1ccc2c(=O)nc3c(S(=O)(=O)c4ccc(C)cc4C)n[nH]n3c2c1. The number of benzene rings is 2. The number of aromatic amines is 1. The Morgan fingerprint density at radius 1 is 1.10 bits per heavy atom.